The number of hydrogen-bond donors (Lipinski definition) is 3. The third kappa shape index (κ3) is 6.78. The average molecular weight is 317 g/mol. The van der Waals surface area contributed by atoms with Crippen LogP contribution in [0.15, 0.2) is 18.2 Å². The van der Waals surface area contributed by atoms with E-state index in [0.29, 0.717) is 18.9 Å². The predicted molar refractivity (Wildman–Crippen MR) is 83.1 cm³/mol. The lowest BCUT2D eigenvalue weighted by molar-refractivity contribution is 0.231. The Hall–Kier alpha value is -1.33. The SMILES string of the molecule is CC(C)CC(CCO)CNC(=O)Nc1ccc(Cl)cc1F. The van der Waals surface area contributed by atoms with Gasteiger partial charge in [0, 0.05) is 18.2 Å². The summed E-state index contributed by atoms with van der Waals surface area (Å²) in [7, 11) is 0. The van der Waals surface area contributed by atoms with Crippen molar-refractivity contribution >= 4 is 23.3 Å². The van der Waals surface area contributed by atoms with E-state index in [9.17, 15) is 9.18 Å². The van der Waals surface area contributed by atoms with E-state index >= 15 is 0 Å². The summed E-state index contributed by atoms with van der Waals surface area (Å²) in [5.41, 5.74) is 0.0828. The lowest BCUT2D eigenvalue weighted by atomic mass is 9.94. The lowest BCUT2D eigenvalue weighted by Crippen LogP contribution is -2.34. The Morgan fingerprint density at radius 3 is 2.71 bits per heavy atom. The zero-order valence-corrected chi connectivity index (χ0v) is 13.1. The molecule has 0 fully saturated rings. The molecule has 0 radical (unpaired) electrons. The molecule has 0 heterocycles. The van der Waals surface area contributed by atoms with Gasteiger partial charge in [0.25, 0.3) is 0 Å². The molecule has 118 valence electrons. The molecule has 0 aliphatic rings. The van der Waals surface area contributed by atoms with Crippen molar-refractivity contribution in [2.45, 2.75) is 26.7 Å². The summed E-state index contributed by atoms with van der Waals surface area (Å²) in [6.45, 7) is 4.72. The van der Waals surface area contributed by atoms with Gasteiger partial charge in [0.05, 0.1) is 5.69 Å². The minimum Gasteiger partial charge on any atom is -0.396 e. The minimum atomic E-state index is -0.577. The molecular formula is C15H22ClFN2O2. The van der Waals surface area contributed by atoms with E-state index in [1.807, 2.05) is 0 Å². The lowest BCUT2D eigenvalue weighted by Gasteiger charge is -2.18. The van der Waals surface area contributed by atoms with Crippen LogP contribution in [0.3, 0.4) is 0 Å². The van der Waals surface area contributed by atoms with E-state index in [4.69, 9.17) is 16.7 Å². The number of aliphatic hydroxyl groups is 1. The molecule has 0 aromatic heterocycles. The highest BCUT2D eigenvalue weighted by Crippen LogP contribution is 2.19. The molecule has 6 heteroatoms. The van der Waals surface area contributed by atoms with E-state index in [1.54, 1.807) is 0 Å². The van der Waals surface area contributed by atoms with E-state index in [1.165, 1.54) is 12.1 Å². The van der Waals surface area contributed by atoms with Crippen molar-refractivity contribution in [1.29, 1.82) is 0 Å². The monoisotopic (exact) mass is 316 g/mol. The van der Waals surface area contributed by atoms with Gasteiger partial charge in [0.1, 0.15) is 5.82 Å². The first-order chi connectivity index (χ1) is 9.92. The van der Waals surface area contributed by atoms with Crippen LogP contribution in [0.2, 0.25) is 5.02 Å². The smallest absolute Gasteiger partial charge is 0.319 e. The van der Waals surface area contributed by atoms with Crippen molar-refractivity contribution in [2.75, 3.05) is 18.5 Å². The molecule has 1 aromatic rings. The molecule has 0 bridgehead atoms. The Labute approximate surface area is 129 Å². The van der Waals surface area contributed by atoms with Crippen LogP contribution < -0.4 is 10.6 Å². The first kappa shape index (κ1) is 17.7. The number of carbonyl (C=O) groups excluding carboxylic acids is 1. The van der Waals surface area contributed by atoms with Gasteiger partial charge in [0.2, 0.25) is 0 Å². The molecule has 0 aliphatic carbocycles. The molecule has 0 saturated carbocycles. The van der Waals surface area contributed by atoms with Crippen molar-refractivity contribution in [3.8, 4) is 0 Å². The van der Waals surface area contributed by atoms with Crippen molar-refractivity contribution in [3.63, 3.8) is 0 Å². The summed E-state index contributed by atoms with van der Waals surface area (Å²) in [4.78, 5) is 11.8. The summed E-state index contributed by atoms with van der Waals surface area (Å²) in [5.74, 6) is 0.114. The van der Waals surface area contributed by atoms with Crippen LogP contribution in [-0.4, -0.2) is 24.3 Å². The Morgan fingerprint density at radius 1 is 1.43 bits per heavy atom. The maximum atomic E-state index is 13.5. The molecule has 1 rings (SSSR count). The van der Waals surface area contributed by atoms with E-state index in [2.05, 4.69) is 24.5 Å². The van der Waals surface area contributed by atoms with Crippen LogP contribution in [0, 0.1) is 17.7 Å². The van der Waals surface area contributed by atoms with Crippen LogP contribution in [0.25, 0.3) is 0 Å². The summed E-state index contributed by atoms with van der Waals surface area (Å²) in [6, 6.07) is 3.59. The fourth-order valence-electron chi connectivity index (χ4n) is 2.15. The second-order valence-corrected chi connectivity index (χ2v) is 5.90. The molecule has 0 spiro atoms. The fourth-order valence-corrected chi connectivity index (χ4v) is 2.31. The van der Waals surface area contributed by atoms with Gasteiger partial charge in [-0.3, -0.25) is 0 Å². The molecule has 2 amide bonds. The van der Waals surface area contributed by atoms with Crippen molar-refractivity contribution < 1.29 is 14.3 Å². The summed E-state index contributed by atoms with van der Waals surface area (Å²) in [5, 5.41) is 14.4. The van der Waals surface area contributed by atoms with Crippen molar-refractivity contribution in [2.24, 2.45) is 11.8 Å². The number of hydrogen-bond acceptors (Lipinski definition) is 2. The summed E-state index contributed by atoms with van der Waals surface area (Å²) in [6.07, 6.45) is 1.55. The highest BCUT2D eigenvalue weighted by molar-refractivity contribution is 6.30. The number of aliphatic hydroxyl groups excluding tert-OH is 1. The Bertz CT molecular complexity index is 469. The van der Waals surface area contributed by atoms with Crippen LogP contribution in [0.5, 0.6) is 0 Å². The maximum absolute atomic E-state index is 13.5. The van der Waals surface area contributed by atoms with Crippen LogP contribution in [-0.2, 0) is 0 Å². The summed E-state index contributed by atoms with van der Waals surface area (Å²) >= 11 is 5.65. The normalized spacial score (nSPS) is 12.3. The second kappa shape index (κ2) is 8.85. The molecule has 4 nitrogen and oxygen atoms in total. The van der Waals surface area contributed by atoms with E-state index in [0.717, 1.165) is 12.5 Å². The topological polar surface area (TPSA) is 61.4 Å². The highest BCUT2D eigenvalue weighted by atomic mass is 35.5. The van der Waals surface area contributed by atoms with E-state index < -0.39 is 11.8 Å². The molecule has 1 unspecified atom stereocenters. The minimum absolute atomic E-state index is 0.0828. The number of halogens is 2. The number of urea groups is 1. The average Bonchev–Trinajstić information content (AvgIpc) is 2.39. The number of amides is 2. The van der Waals surface area contributed by atoms with Crippen LogP contribution >= 0.6 is 11.6 Å². The first-order valence-corrected chi connectivity index (χ1v) is 7.41. The Balaban J connectivity index is 2.48. The first-order valence-electron chi connectivity index (χ1n) is 7.03. The molecule has 0 aliphatic heterocycles. The zero-order chi connectivity index (χ0) is 15.8. The Morgan fingerprint density at radius 2 is 2.14 bits per heavy atom. The third-order valence-electron chi connectivity index (χ3n) is 3.07. The fraction of sp³-hybridized carbons (Fsp3) is 0.533. The number of benzene rings is 1. The number of carbonyl (C=O) groups is 1. The van der Waals surface area contributed by atoms with Crippen molar-refractivity contribution in [3.05, 3.63) is 29.0 Å². The molecule has 1 atom stereocenters. The summed E-state index contributed by atoms with van der Waals surface area (Å²) < 4.78 is 13.5. The van der Waals surface area contributed by atoms with Gasteiger partial charge in [0.15, 0.2) is 0 Å². The van der Waals surface area contributed by atoms with Crippen LogP contribution in [0.1, 0.15) is 26.7 Å². The number of nitrogens with one attached hydrogen (secondary N) is 2. The van der Waals surface area contributed by atoms with E-state index in [-0.39, 0.29) is 23.2 Å². The molecule has 3 N–H and O–H groups in total. The molecule has 0 saturated heterocycles. The van der Waals surface area contributed by atoms with Crippen molar-refractivity contribution in [1.82, 2.24) is 5.32 Å². The Kier molecular flexibility index (Phi) is 7.47. The number of anilines is 1. The zero-order valence-electron chi connectivity index (χ0n) is 12.3. The molecule has 21 heavy (non-hydrogen) atoms. The number of rotatable bonds is 7. The second-order valence-electron chi connectivity index (χ2n) is 5.47. The van der Waals surface area contributed by atoms with Crippen LogP contribution in [0.4, 0.5) is 14.9 Å². The highest BCUT2D eigenvalue weighted by Gasteiger charge is 2.13. The van der Waals surface area contributed by atoms with Gasteiger partial charge in [-0.15, -0.1) is 0 Å². The van der Waals surface area contributed by atoms with Gasteiger partial charge in [-0.1, -0.05) is 25.4 Å². The molecule has 1 aromatic carbocycles. The van der Waals surface area contributed by atoms with Gasteiger partial charge in [-0.25, -0.2) is 9.18 Å². The standard InChI is InChI=1S/C15H22ClFN2O2/c1-10(2)7-11(5-6-20)9-18-15(21)19-14-4-3-12(16)8-13(14)17/h3-4,8,10-11,20H,5-7,9H2,1-2H3,(H2,18,19,21). The van der Waals surface area contributed by atoms with Gasteiger partial charge in [-0.05, 0) is 42.9 Å². The molecular weight excluding hydrogens is 295 g/mol. The van der Waals surface area contributed by atoms with Gasteiger partial charge >= 0.3 is 6.03 Å². The van der Waals surface area contributed by atoms with Gasteiger partial charge < -0.3 is 15.7 Å². The van der Waals surface area contributed by atoms with Gasteiger partial charge in [-0.2, -0.15) is 0 Å². The third-order valence-corrected chi connectivity index (χ3v) is 3.31. The quantitative estimate of drug-likeness (QED) is 0.719. The predicted octanol–water partition coefficient (Wildman–Crippen LogP) is 3.65. The largest absolute Gasteiger partial charge is 0.396 e. The maximum Gasteiger partial charge on any atom is 0.319 e.